The SMILES string of the molecule is O=C(O)c1ccc(-c2cc(Cl)c(Cl)c(Cl)c2)c(Cl)n1. The van der Waals surface area contributed by atoms with Crippen LogP contribution in [0.2, 0.25) is 20.2 Å². The van der Waals surface area contributed by atoms with E-state index < -0.39 is 5.97 Å². The van der Waals surface area contributed by atoms with Crippen LogP contribution in [0.15, 0.2) is 24.3 Å². The minimum absolute atomic E-state index is 0.0503. The van der Waals surface area contributed by atoms with Crippen LogP contribution in [-0.2, 0) is 0 Å². The molecule has 98 valence electrons. The van der Waals surface area contributed by atoms with Gasteiger partial charge in [0.05, 0.1) is 15.1 Å². The number of aromatic nitrogens is 1. The fraction of sp³-hybridized carbons (Fsp3) is 0. The third-order valence-electron chi connectivity index (χ3n) is 2.36. The summed E-state index contributed by atoms with van der Waals surface area (Å²) in [6, 6.07) is 6.05. The number of hydrogen-bond acceptors (Lipinski definition) is 2. The van der Waals surface area contributed by atoms with E-state index >= 15 is 0 Å². The zero-order valence-electron chi connectivity index (χ0n) is 9.12. The van der Waals surface area contributed by atoms with Gasteiger partial charge in [-0.15, -0.1) is 0 Å². The van der Waals surface area contributed by atoms with E-state index in [1.807, 2.05) is 0 Å². The second kappa shape index (κ2) is 5.55. The molecule has 0 saturated carbocycles. The summed E-state index contributed by atoms with van der Waals surface area (Å²) in [6.07, 6.45) is 0. The van der Waals surface area contributed by atoms with Crippen LogP contribution in [0.3, 0.4) is 0 Å². The van der Waals surface area contributed by atoms with E-state index in [1.54, 1.807) is 12.1 Å². The molecular weight excluding hydrogens is 332 g/mol. The Hall–Kier alpha value is -1.000. The topological polar surface area (TPSA) is 50.2 Å². The highest BCUT2D eigenvalue weighted by atomic mass is 35.5. The fourth-order valence-electron chi connectivity index (χ4n) is 1.48. The molecule has 0 bridgehead atoms. The monoisotopic (exact) mass is 335 g/mol. The summed E-state index contributed by atoms with van der Waals surface area (Å²) in [5, 5.41) is 9.67. The van der Waals surface area contributed by atoms with Crippen molar-refractivity contribution in [3.63, 3.8) is 0 Å². The van der Waals surface area contributed by atoms with Gasteiger partial charge in [-0.1, -0.05) is 46.4 Å². The van der Waals surface area contributed by atoms with Crippen LogP contribution in [-0.4, -0.2) is 16.1 Å². The van der Waals surface area contributed by atoms with Gasteiger partial charge in [-0.2, -0.15) is 0 Å². The van der Waals surface area contributed by atoms with Gasteiger partial charge >= 0.3 is 5.97 Å². The lowest BCUT2D eigenvalue weighted by molar-refractivity contribution is 0.0690. The van der Waals surface area contributed by atoms with Crippen molar-refractivity contribution in [3.8, 4) is 11.1 Å². The van der Waals surface area contributed by atoms with Gasteiger partial charge in [0.1, 0.15) is 10.8 Å². The molecule has 2 rings (SSSR count). The molecule has 0 aliphatic carbocycles. The first-order valence-electron chi connectivity index (χ1n) is 4.95. The van der Waals surface area contributed by atoms with Crippen LogP contribution in [0.4, 0.5) is 0 Å². The molecule has 0 saturated heterocycles. The maximum Gasteiger partial charge on any atom is 0.354 e. The molecule has 2 aromatic rings. The van der Waals surface area contributed by atoms with Crippen LogP contribution in [0, 0.1) is 0 Å². The van der Waals surface area contributed by atoms with Gasteiger partial charge in [0.15, 0.2) is 0 Å². The maximum absolute atomic E-state index is 10.8. The Morgan fingerprint density at radius 3 is 2.11 bits per heavy atom. The number of carboxylic acids is 1. The third-order valence-corrected chi connectivity index (χ3v) is 3.85. The number of carbonyl (C=O) groups is 1. The Morgan fingerprint density at radius 1 is 1.05 bits per heavy atom. The fourth-order valence-corrected chi connectivity index (χ4v) is 2.34. The summed E-state index contributed by atoms with van der Waals surface area (Å²) in [7, 11) is 0. The molecule has 19 heavy (non-hydrogen) atoms. The first kappa shape index (κ1) is 14.4. The van der Waals surface area contributed by atoms with Crippen LogP contribution < -0.4 is 0 Å². The summed E-state index contributed by atoms with van der Waals surface area (Å²) in [6.45, 7) is 0. The number of pyridine rings is 1. The van der Waals surface area contributed by atoms with Crippen LogP contribution in [0.5, 0.6) is 0 Å². The molecule has 1 aromatic heterocycles. The zero-order valence-corrected chi connectivity index (χ0v) is 12.1. The van der Waals surface area contributed by atoms with Gasteiger partial charge in [-0.05, 0) is 29.8 Å². The van der Waals surface area contributed by atoms with E-state index in [2.05, 4.69) is 4.98 Å². The van der Waals surface area contributed by atoms with Crippen molar-refractivity contribution in [1.82, 2.24) is 4.98 Å². The summed E-state index contributed by atoms with van der Waals surface area (Å²) in [4.78, 5) is 14.6. The van der Waals surface area contributed by atoms with Crippen molar-refractivity contribution in [2.75, 3.05) is 0 Å². The van der Waals surface area contributed by atoms with E-state index in [0.717, 1.165) is 0 Å². The molecule has 0 amide bonds. The van der Waals surface area contributed by atoms with Gasteiger partial charge in [-0.25, -0.2) is 9.78 Å². The van der Waals surface area contributed by atoms with E-state index in [-0.39, 0.29) is 25.9 Å². The Bertz CT molecular complexity index is 650. The Morgan fingerprint density at radius 2 is 1.63 bits per heavy atom. The largest absolute Gasteiger partial charge is 0.477 e. The molecule has 0 aliphatic rings. The number of aromatic carboxylic acids is 1. The molecule has 0 fully saturated rings. The predicted molar refractivity (Wildman–Crippen MR) is 76.7 cm³/mol. The second-order valence-corrected chi connectivity index (χ2v) is 5.14. The number of rotatable bonds is 2. The van der Waals surface area contributed by atoms with Gasteiger partial charge in [0, 0.05) is 5.56 Å². The average Bonchev–Trinajstić information content (AvgIpc) is 2.35. The van der Waals surface area contributed by atoms with Crippen molar-refractivity contribution in [2.24, 2.45) is 0 Å². The maximum atomic E-state index is 10.8. The minimum atomic E-state index is -1.15. The number of halogens is 4. The molecule has 0 spiro atoms. The summed E-state index contributed by atoms with van der Waals surface area (Å²) >= 11 is 23.7. The van der Waals surface area contributed by atoms with E-state index in [0.29, 0.717) is 11.1 Å². The summed E-state index contributed by atoms with van der Waals surface area (Å²) in [5.74, 6) is -1.15. The van der Waals surface area contributed by atoms with Crippen molar-refractivity contribution in [3.05, 3.63) is 50.2 Å². The highest BCUT2D eigenvalue weighted by Gasteiger charge is 2.13. The van der Waals surface area contributed by atoms with Crippen molar-refractivity contribution in [2.45, 2.75) is 0 Å². The Kier molecular flexibility index (Phi) is 4.21. The summed E-state index contributed by atoms with van der Waals surface area (Å²) in [5.41, 5.74) is 0.987. The van der Waals surface area contributed by atoms with E-state index in [1.165, 1.54) is 12.1 Å². The third kappa shape index (κ3) is 2.95. The Labute approximate surface area is 128 Å². The lowest BCUT2D eigenvalue weighted by Gasteiger charge is -2.07. The van der Waals surface area contributed by atoms with Crippen LogP contribution in [0.1, 0.15) is 10.5 Å². The molecule has 1 heterocycles. The number of hydrogen-bond donors (Lipinski definition) is 1. The normalized spacial score (nSPS) is 10.5. The molecule has 7 heteroatoms. The predicted octanol–water partition coefficient (Wildman–Crippen LogP) is 5.06. The lowest BCUT2D eigenvalue weighted by atomic mass is 10.1. The number of nitrogens with zero attached hydrogens (tertiary/aromatic N) is 1. The molecule has 1 aromatic carbocycles. The van der Waals surface area contributed by atoms with E-state index in [4.69, 9.17) is 51.5 Å². The van der Waals surface area contributed by atoms with Crippen LogP contribution in [0.25, 0.3) is 11.1 Å². The number of carboxylic acid groups (broad SMARTS) is 1. The highest BCUT2D eigenvalue weighted by molar-refractivity contribution is 6.48. The van der Waals surface area contributed by atoms with Gasteiger partial charge in [-0.3, -0.25) is 0 Å². The minimum Gasteiger partial charge on any atom is -0.477 e. The quantitative estimate of drug-likeness (QED) is 0.616. The zero-order chi connectivity index (χ0) is 14.2. The van der Waals surface area contributed by atoms with Gasteiger partial charge < -0.3 is 5.11 Å². The Balaban J connectivity index is 2.56. The smallest absolute Gasteiger partial charge is 0.354 e. The van der Waals surface area contributed by atoms with Gasteiger partial charge in [0.25, 0.3) is 0 Å². The first-order valence-corrected chi connectivity index (χ1v) is 6.46. The van der Waals surface area contributed by atoms with Crippen molar-refractivity contribution < 1.29 is 9.90 Å². The standard InChI is InChI=1S/C12H5Cl4NO2/c13-7-3-5(4-8(14)10(7)15)6-1-2-9(12(18)19)17-11(6)16/h1-4H,(H,18,19). The molecule has 3 nitrogen and oxygen atoms in total. The molecule has 1 N–H and O–H groups in total. The van der Waals surface area contributed by atoms with Crippen molar-refractivity contribution >= 4 is 52.4 Å². The molecule has 0 aliphatic heterocycles. The van der Waals surface area contributed by atoms with Crippen LogP contribution >= 0.6 is 46.4 Å². The lowest BCUT2D eigenvalue weighted by Crippen LogP contribution is -2.00. The molecule has 0 unspecified atom stereocenters. The number of benzene rings is 1. The second-order valence-electron chi connectivity index (χ2n) is 3.59. The van der Waals surface area contributed by atoms with E-state index in [9.17, 15) is 4.79 Å². The average molecular weight is 337 g/mol. The van der Waals surface area contributed by atoms with Crippen molar-refractivity contribution in [1.29, 1.82) is 0 Å². The molecule has 0 radical (unpaired) electrons. The van der Waals surface area contributed by atoms with Gasteiger partial charge in [0.2, 0.25) is 0 Å². The highest BCUT2D eigenvalue weighted by Crippen LogP contribution is 2.36. The molecular formula is C12H5Cl4NO2. The summed E-state index contributed by atoms with van der Waals surface area (Å²) < 4.78 is 0. The molecule has 0 atom stereocenters. The first-order chi connectivity index (χ1) is 8.90.